The van der Waals surface area contributed by atoms with E-state index in [1.165, 1.54) is 0 Å². The Morgan fingerprint density at radius 1 is 1.11 bits per heavy atom. The maximum absolute atomic E-state index is 13.3. The molecule has 0 amide bonds. The number of benzene rings is 2. The van der Waals surface area contributed by atoms with E-state index in [1.807, 2.05) is 55.5 Å². The Balaban J connectivity index is 1.89. The summed E-state index contributed by atoms with van der Waals surface area (Å²) in [6.45, 7) is 4.83. The smallest absolute Gasteiger partial charge is 0.244 e. The van der Waals surface area contributed by atoms with Gasteiger partial charge in [-0.15, -0.1) is 11.8 Å². The van der Waals surface area contributed by atoms with Crippen molar-refractivity contribution in [3.63, 3.8) is 0 Å². The predicted molar refractivity (Wildman–Crippen MR) is 111 cm³/mol. The fourth-order valence-electron chi connectivity index (χ4n) is 3.15. The largest absolute Gasteiger partial charge is 0.366 e. The monoisotopic (exact) mass is 403 g/mol. The third-order valence-electron chi connectivity index (χ3n) is 4.56. The highest BCUT2D eigenvalue weighted by Gasteiger charge is 2.37. The Morgan fingerprint density at radius 2 is 1.81 bits per heavy atom. The van der Waals surface area contributed by atoms with Crippen molar-refractivity contribution in [3.8, 4) is 0 Å². The van der Waals surface area contributed by atoms with Gasteiger partial charge in [-0.3, -0.25) is 0 Å². The quantitative estimate of drug-likeness (QED) is 0.372. The molecular weight excluding hydrogens is 378 g/mol. The minimum atomic E-state index is -3.60. The van der Waals surface area contributed by atoms with E-state index in [2.05, 4.69) is 6.92 Å². The van der Waals surface area contributed by atoms with Crippen molar-refractivity contribution in [3.05, 3.63) is 77.4 Å². The van der Waals surface area contributed by atoms with Crippen LogP contribution in [0.5, 0.6) is 0 Å². The molecule has 0 aromatic heterocycles. The average molecular weight is 404 g/mol. The standard InChI is InChI=1S/C21H25NO3S2/c1-3-26-16-25-15-19-13-14-22(21(19)18-7-5-4-6-8-18)27(23,24)20-11-9-17(2)10-12-20/h4-13,21H,3,14-16H2,1-2H3/t21-/m0/s1. The van der Waals surface area contributed by atoms with E-state index in [9.17, 15) is 8.42 Å². The number of rotatable bonds is 8. The zero-order valence-corrected chi connectivity index (χ0v) is 17.3. The summed E-state index contributed by atoms with van der Waals surface area (Å²) in [4.78, 5) is 0.325. The van der Waals surface area contributed by atoms with Gasteiger partial charge in [-0.05, 0) is 35.9 Å². The van der Waals surface area contributed by atoms with Crippen LogP contribution >= 0.6 is 11.8 Å². The molecule has 0 unspecified atom stereocenters. The highest BCUT2D eigenvalue weighted by atomic mass is 32.2. The summed E-state index contributed by atoms with van der Waals surface area (Å²) >= 11 is 1.71. The normalized spacial score (nSPS) is 17.9. The summed E-state index contributed by atoms with van der Waals surface area (Å²) in [5.74, 6) is 1.61. The molecule has 1 aliphatic rings. The van der Waals surface area contributed by atoms with Crippen LogP contribution in [0.1, 0.15) is 24.1 Å². The van der Waals surface area contributed by atoms with Gasteiger partial charge in [0.25, 0.3) is 0 Å². The molecular formula is C21H25NO3S2. The second-order valence-electron chi connectivity index (χ2n) is 6.44. The molecule has 1 heterocycles. The van der Waals surface area contributed by atoms with Crippen molar-refractivity contribution in [1.82, 2.24) is 4.31 Å². The lowest BCUT2D eigenvalue weighted by molar-refractivity contribution is 0.200. The molecule has 27 heavy (non-hydrogen) atoms. The van der Waals surface area contributed by atoms with Crippen LogP contribution in [0, 0.1) is 6.92 Å². The van der Waals surface area contributed by atoms with E-state index in [0.717, 1.165) is 22.5 Å². The van der Waals surface area contributed by atoms with Gasteiger partial charge in [0, 0.05) is 6.54 Å². The minimum absolute atomic E-state index is 0.325. The summed E-state index contributed by atoms with van der Waals surface area (Å²) < 4.78 is 33.9. The Bertz CT molecular complexity index is 877. The molecule has 6 heteroatoms. The fraction of sp³-hybridized carbons (Fsp3) is 0.333. The maximum Gasteiger partial charge on any atom is 0.244 e. The fourth-order valence-corrected chi connectivity index (χ4v) is 5.07. The van der Waals surface area contributed by atoms with Gasteiger partial charge in [0.05, 0.1) is 23.5 Å². The molecule has 144 valence electrons. The van der Waals surface area contributed by atoms with Crippen molar-refractivity contribution >= 4 is 21.8 Å². The molecule has 3 rings (SSSR count). The Morgan fingerprint density at radius 3 is 2.48 bits per heavy atom. The first kappa shape index (κ1) is 20.1. The third kappa shape index (κ3) is 4.63. The number of nitrogens with zero attached hydrogens (tertiary/aromatic N) is 1. The van der Waals surface area contributed by atoms with Crippen LogP contribution in [0.2, 0.25) is 0 Å². The van der Waals surface area contributed by atoms with Gasteiger partial charge in [0.15, 0.2) is 0 Å². The molecule has 0 spiro atoms. The van der Waals surface area contributed by atoms with Crippen molar-refractivity contribution in [2.75, 3.05) is 24.8 Å². The van der Waals surface area contributed by atoms with E-state index in [-0.39, 0.29) is 6.04 Å². The molecule has 0 saturated heterocycles. The first-order chi connectivity index (χ1) is 13.0. The minimum Gasteiger partial charge on any atom is -0.366 e. The highest BCUT2D eigenvalue weighted by Crippen LogP contribution is 2.37. The molecule has 0 N–H and O–H groups in total. The lowest BCUT2D eigenvalue weighted by Crippen LogP contribution is -2.32. The van der Waals surface area contributed by atoms with Crippen LogP contribution in [-0.4, -0.2) is 37.6 Å². The Kier molecular flexibility index (Phi) is 6.76. The van der Waals surface area contributed by atoms with Gasteiger partial charge in [0.2, 0.25) is 10.0 Å². The van der Waals surface area contributed by atoms with E-state index in [0.29, 0.717) is 24.0 Å². The maximum atomic E-state index is 13.3. The summed E-state index contributed by atoms with van der Waals surface area (Å²) in [6, 6.07) is 16.5. The molecule has 0 aliphatic carbocycles. The molecule has 4 nitrogen and oxygen atoms in total. The highest BCUT2D eigenvalue weighted by molar-refractivity contribution is 7.99. The van der Waals surface area contributed by atoms with Crippen LogP contribution in [0.4, 0.5) is 0 Å². The van der Waals surface area contributed by atoms with Crippen molar-refractivity contribution < 1.29 is 13.2 Å². The summed E-state index contributed by atoms with van der Waals surface area (Å²) in [5, 5.41) is 0. The molecule has 0 fully saturated rings. The van der Waals surface area contributed by atoms with Crippen molar-refractivity contribution in [2.24, 2.45) is 0 Å². The van der Waals surface area contributed by atoms with E-state index in [4.69, 9.17) is 4.74 Å². The molecule has 2 aromatic rings. The van der Waals surface area contributed by atoms with Gasteiger partial charge in [-0.25, -0.2) is 8.42 Å². The predicted octanol–water partition coefficient (Wildman–Crippen LogP) is 4.39. The lowest BCUT2D eigenvalue weighted by atomic mass is 10.0. The van der Waals surface area contributed by atoms with Crippen LogP contribution in [0.15, 0.2) is 71.1 Å². The van der Waals surface area contributed by atoms with E-state index >= 15 is 0 Å². The van der Waals surface area contributed by atoms with Crippen molar-refractivity contribution in [2.45, 2.75) is 24.8 Å². The second kappa shape index (κ2) is 9.06. The molecule has 2 aromatic carbocycles. The third-order valence-corrected chi connectivity index (χ3v) is 7.14. The molecule has 0 saturated carbocycles. The topological polar surface area (TPSA) is 46.6 Å². The Hall–Kier alpha value is -1.60. The van der Waals surface area contributed by atoms with Gasteiger partial charge in [0.1, 0.15) is 0 Å². The summed E-state index contributed by atoms with van der Waals surface area (Å²) in [6.07, 6.45) is 1.99. The number of sulfonamides is 1. The zero-order chi connectivity index (χ0) is 19.3. The number of hydrogen-bond donors (Lipinski definition) is 0. The van der Waals surface area contributed by atoms with Crippen LogP contribution < -0.4 is 0 Å². The zero-order valence-electron chi connectivity index (χ0n) is 15.7. The van der Waals surface area contributed by atoms with Crippen LogP contribution in [0.25, 0.3) is 0 Å². The SMILES string of the molecule is CCSCOCC1=CCN(S(=O)(=O)c2ccc(C)cc2)[C@H]1c1ccccc1. The molecule has 1 atom stereocenters. The van der Waals surface area contributed by atoms with Crippen molar-refractivity contribution in [1.29, 1.82) is 0 Å². The molecule has 1 aliphatic heterocycles. The number of aryl methyl sites for hydroxylation is 1. The number of thioether (sulfide) groups is 1. The van der Waals surface area contributed by atoms with Gasteiger partial charge in [-0.2, -0.15) is 4.31 Å². The molecule has 0 bridgehead atoms. The van der Waals surface area contributed by atoms with Gasteiger partial charge in [-0.1, -0.05) is 61.0 Å². The van der Waals surface area contributed by atoms with Crippen LogP contribution in [-0.2, 0) is 14.8 Å². The van der Waals surface area contributed by atoms with E-state index < -0.39 is 10.0 Å². The first-order valence-corrected chi connectivity index (χ1v) is 11.6. The van der Waals surface area contributed by atoms with Crippen LogP contribution in [0.3, 0.4) is 0 Å². The number of ether oxygens (including phenoxy) is 1. The Labute approximate surface area is 166 Å². The second-order valence-corrected chi connectivity index (χ2v) is 9.55. The van der Waals surface area contributed by atoms with E-state index in [1.54, 1.807) is 28.2 Å². The average Bonchev–Trinajstić information content (AvgIpc) is 3.11. The number of hydrogen-bond acceptors (Lipinski definition) is 4. The molecule has 0 radical (unpaired) electrons. The van der Waals surface area contributed by atoms with Gasteiger partial charge < -0.3 is 4.74 Å². The summed E-state index contributed by atoms with van der Waals surface area (Å²) in [7, 11) is -3.60. The van der Waals surface area contributed by atoms with Gasteiger partial charge >= 0.3 is 0 Å². The summed E-state index contributed by atoms with van der Waals surface area (Å²) in [5.41, 5.74) is 2.99. The first-order valence-electron chi connectivity index (χ1n) is 9.02. The lowest BCUT2D eigenvalue weighted by Gasteiger charge is -2.27.